The molecular formula is C10H20F6NSb. The van der Waals surface area contributed by atoms with Gasteiger partial charge < -0.3 is 6.15 Å². The molecule has 4 bridgehead atoms. The maximum absolute atomic E-state index is 11.2. The zero-order chi connectivity index (χ0) is 13.0. The first-order valence-corrected chi connectivity index (χ1v) is 11.7. The summed E-state index contributed by atoms with van der Waals surface area (Å²) < 4.78 is 59.6. The van der Waals surface area contributed by atoms with Gasteiger partial charge in [-0.2, -0.15) is 0 Å². The van der Waals surface area contributed by atoms with E-state index in [9.17, 15) is 16.9 Å². The summed E-state index contributed by atoms with van der Waals surface area (Å²) in [5, 5.41) is 0. The van der Waals surface area contributed by atoms with Gasteiger partial charge in [0.15, 0.2) is 0 Å². The van der Waals surface area contributed by atoms with Gasteiger partial charge in [0.1, 0.15) is 0 Å². The average Bonchev–Trinajstić information content (AvgIpc) is 1.93. The van der Waals surface area contributed by atoms with Crippen LogP contribution in [0.4, 0.5) is 16.9 Å². The molecule has 0 saturated heterocycles. The van der Waals surface area contributed by atoms with Crippen molar-refractivity contribution in [2.75, 3.05) is 0 Å². The van der Waals surface area contributed by atoms with Gasteiger partial charge in [-0.1, -0.05) is 0 Å². The molecule has 4 aliphatic rings. The Hall–Kier alpha value is 0.358. The van der Waals surface area contributed by atoms with Crippen LogP contribution in [0.25, 0.3) is 0 Å². The minimum Gasteiger partial charge on any atom is 1.00 e. The Bertz CT molecular complexity index is 248. The largest absolute Gasteiger partial charge is 1.00 e. The van der Waals surface area contributed by atoms with Crippen LogP contribution in [0.15, 0.2) is 0 Å². The van der Waals surface area contributed by atoms with Gasteiger partial charge in [-0.15, -0.1) is 0 Å². The van der Waals surface area contributed by atoms with E-state index in [2.05, 4.69) is 0 Å². The second kappa shape index (κ2) is 4.17. The molecule has 4 rings (SSSR count). The van der Waals surface area contributed by atoms with E-state index in [1.165, 1.54) is 23.7 Å². The summed E-state index contributed by atoms with van der Waals surface area (Å²) in [5.74, 6) is 4.71. The molecular weight excluding hydrogens is 370 g/mol. The third kappa shape index (κ3) is 6.50. The fraction of sp³-hybridized carbons (Fsp3) is 1.00. The average molecular weight is 390 g/mol. The van der Waals surface area contributed by atoms with E-state index in [1.54, 1.807) is 38.5 Å². The van der Waals surface area contributed by atoms with Crippen LogP contribution in [0, 0.1) is 23.7 Å². The molecule has 1 nitrogen and oxygen atoms in total. The van der Waals surface area contributed by atoms with Crippen LogP contribution < -0.4 is 6.15 Å². The molecule has 0 heterocycles. The molecule has 0 aromatic heterocycles. The monoisotopic (exact) mass is 389 g/mol. The summed E-state index contributed by atoms with van der Waals surface area (Å²) in [6.07, 6.45) is 9.62. The number of hydrogen-bond donors (Lipinski definition) is 1. The molecule has 0 aliphatic heterocycles. The quantitative estimate of drug-likeness (QED) is 0.445. The van der Waals surface area contributed by atoms with Crippen LogP contribution >= 0.6 is 0 Å². The standard InChI is InChI=1S/C10H16.6FH.H3N.Sb/c1-7-2-9-4-8(1)5-10(3-7)6-9;;;;;;;;/h7-10H,1-6H2;6*1H;1H3;/q;;;;;;;;+5/p-5. The van der Waals surface area contributed by atoms with Crippen LogP contribution in [-0.4, -0.2) is 19.5 Å². The summed E-state index contributed by atoms with van der Waals surface area (Å²) in [6.45, 7) is 0. The number of hydrogen-bond acceptors (Lipinski definition) is 1. The van der Waals surface area contributed by atoms with Gasteiger partial charge in [0, 0.05) is 0 Å². The van der Waals surface area contributed by atoms with Gasteiger partial charge in [0.05, 0.1) is 0 Å². The van der Waals surface area contributed by atoms with Crippen molar-refractivity contribution in [2.24, 2.45) is 23.7 Å². The minimum absolute atomic E-state index is 0. The first-order valence-electron chi connectivity index (χ1n) is 5.91. The van der Waals surface area contributed by atoms with E-state index < -0.39 is 19.5 Å². The summed E-state index contributed by atoms with van der Waals surface area (Å²) in [4.78, 5) is 0. The molecule has 0 aromatic carbocycles. The Morgan fingerprint density at radius 3 is 0.778 bits per heavy atom. The normalized spacial score (nSPS) is 41.0. The van der Waals surface area contributed by atoms with Gasteiger partial charge in [0.2, 0.25) is 0 Å². The van der Waals surface area contributed by atoms with Crippen molar-refractivity contribution in [2.45, 2.75) is 38.5 Å². The van der Waals surface area contributed by atoms with E-state index in [0.29, 0.717) is 0 Å². The van der Waals surface area contributed by atoms with E-state index in [4.69, 9.17) is 0 Å². The molecule has 0 atom stereocenters. The number of rotatable bonds is 0. The molecule has 0 aromatic rings. The molecule has 0 radical (unpaired) electrons. The van der Waals surface area contributed by atoms with Crippen molar-refractivity contribution in [1.29, 1.82) is 0 Å². The van der Waals surface area contributed by atoms with Crippen molar-refractivity contribution in [3.05, 3.63) is 0 Å². The summed E-state index contributed by atoms with van der Waals surface area (Å²) >= 11 is -11.2. The Balaban J connectivity index is 0.000000330. The number of halogens is 6. The van der Waals surface area contributed by atoms with Crippen molar-refractivity contribution in [3.63, 3.8) is 0 Å². The molecule has 0 amide bonds. The minimum atomic E-state index is -11.2. The Morgan fingerprint density at radius 2 is 0.667 bits per heavy atom. The van der Waals surface area contributed by atoms with Gasteiger partial charge in [-0.3, -0.25) is 0 Å². The van der Waals surface area contributed by atoms with Crippen molar-refractivity contribution < 1.29 is 18.3 Å². The maximum Gasteiger partial charge on any atom is 1.00 e. The Morgan fingerprint density at radius 1 is 0.556 bits per heavy atom. The van der Waals surface area contributed by atoms with E-state index in [-0.39, 0.29) is 7.58 Å². The van der Waals surface area contributed by atoms with Crippen LogP contribution in [0.1, 0.15) is 40.0 Å². The van der Waals surface area contributed by atoms with Crippen LogP contribution in [0.2, 0.25) is 0 Å². The molecule has 0 unspecified atom stereocenters. The first kappa shape index (κ1) is 16.4. The van der Waals surface area contributed by atoms with Crippen LogP contribution in [-0.2, 0) is 0 Å². The summed E-state index contributed by atoms with van der Waals surface area (Å²) in [7, 11) is 0. The Labute approximate surface area is 106 Å². The smallest absolute Gasteiger partial charge is 1.00 e. The molecule has 4 fully saturated rings. The molecule has 4 aliphatic carbocycles. The zero-order valence-electron chi connectivity index (χ0n) is 11.0. The van der Waals surface area contributed by atoms with E-state index in [0.717, 1.165) is 0 Å². The molecule has 4 saturated carbocycles. The molecule has 0 spiro atoms. The topological polar surface area (TPSA) is 35.0 Å². The second-order valence-electron chi connectivity index (χ2n) is 5.84. The molecule has 8 heteroatoms. The third-order valence-electron chi connectivity index (χ3n) is 4.00. The summed E-state index contributed by atoms with van der Waals surface area (Å²) in [6, 6.07) is 0. The van der Waals surface area contributed by atoms with Crippen molar-refractivity contribution in [3.8, 4) is 0 Å². The van der Waals surface area contributed by atoms with Crippen molar-refractivity contribution >= 4 is 19.5 Å². The van der Waals surface area contributed by atoms with Gasteiger partial charge >= 0.3 is 37.8 Å². The summed E-state index contributed by atoms with van der Waals surface area (Å²) in [5.41, 5.74) is 0. The first-order chi connectivity index (χ1) is 7.35. The van der Waals surface area contributed by atoms with Crippen LogP contribution in [0.5, 0.6) is 0 Å². The second-order valence-corrected chi connectivity index (χ2v) is 11.3. The van der Waals surface area contributed by atoms with Gasteiger partial charge in [-0.25, -0.2) is 0 Å². The van der Waals surface area contributed by atoms with E-state index in [1.807, 2.05) is 0 Å². The fourth-order valence-electron chi connectivity index (χ4n) is 3.98. The predicted molar refractivity (Wildman–Crippen MR) is 60.2 cm³/mol. The van der Waals surface area contributed by atoms with Gasteiger partial charge in [-0.05, 0) is 62.2 Å². The SMILES string of the molecule is C1C2CC3CC1CC(C2)C3.N.[F][Sb-]([F])([F])([F])([F])[F].[H+]. The molecule has 18 heavy (non-hydrogen) atoms. The van der Waals surface area contributed by atoms with Crippen LogP contribution in [0.3, 0.4) is 0 Å². The fourth-order valence-corrected chi connectivity index (χ4v) is 3.98. The van der Waals surface area contributed by atoms with Gasteiger partial charge in [0.25, 0.3) is 0 Å². The Kier molecular flexibility index (Phi) is 3.81. The molecule has 112 valence electrons. The predicted octanol–water partition coefficient (Wildman–Crippen LogP) is 5.25. The maximum atomic E-state index is 9.93. The van der Waals surface area contributed by atoms with E-state index >= 15 is 0 Å². The third-order valence-corrected chi connectivity index (χ3v) is 4.00. The van der Waals surface area contributed by atoms with Crippen molar-refractivity contribution in [1.82, 2.24) is 6.15 Å². The zero-order valence-corrected chi connectivity index (χ0v) is 12.5. The molecule has 3 N–H and O–H groups in total.